The minimum Gasteiger partial charge on any atom is -0.478 e. The Labute approximate surface area is 132 Å². The number of nitrogens with one attached hydrogen (secondary N) is 1. The minimum atomic E-state index is -1.21. The second kappa shape index (κ2) is 7.51. The molecule has 0 atom stereocenters. The predicted octanol–water partition coefficient (Wildman–Crippen LogP) is 2.70. The summed E-state index contributed by atoms with van der Waals surface area (Å²) in [6.45, 7) is -0.0239. The molecule has 0 saturated carbocycles. The van der Waals surface area contributed by atoms with Gasteiger partial charge in [0, 0.05) is 12.3 Å². The van der Waals surface area contributed by atoms with Crippen LogP contribution in [-0.4, -0.2) is 28.7 Å². The van der Waals surface area contributed by atoms with E-state index in [2.05, 4.69) is 5.32 Å². The number of carboxylic acids is 1. The summed E-state index contributed by atoms with van der Waals surface area (Å²) >= 11 is 0. The molecule has 2 aromatic rings. The number of carboxylic acid groups (broad SMARTS) is 1. The molecular formula is C17H16FNO4. The third-order valence-corrected chi connectivity index (χ3v) is 3.32. The Bertz CT molecular complexity index is 730. The number of benzene rings is 2. The Kier molecular flexibility index (Phi) is 5.43. The van der Waals surface area contributed by atoms with Crippen LogP contribution in [0.5, 0.6) is 0 Å². The molecule has 0 fully saturated rings. The van der Waals surface area contributed by atoms with Crippen LogP contribution in [0.2, 0.25) is 0 Å². The van der Waals surface area contributed by atoms with Crippen LogP contribution in [-0.2, 0) is 6.42 Å². The number of aliphatic hydroxyl groups excluding tert-OH is 1. The topological polar surface area (TPSA) is 86.6 Å². The number of hydrogen-bond donors (Lipinski definition) is 3. The number of aryl methyl sites for hydroxylation is 1. The number of hydrogen-bond acceptors (Lipinski definition) is 3. The van der Waals surface area contributed by atoms with E-state index < -0.39 is 17.7 Å². The summed E-state index contributed by atoms with van der Waals surface area (Å²) in [4.78, 5) is 23.3. The summed E-state index contributed by atoms with van der Waals surface area (Å²) < 4.78 is 13.9. The molecule has 3 N–H and O–H groups in total. The second-order valence-electron chi connectivity index (χ2n) is 4.94. The number of rotatable bonds is 6. The van der Waals surface area contributed by atoms with Gasteiger partial charge in [-0.3, -0.25) is 4.79 Å². The molecule has 0 heterocycles. The fourth-order valence-corrected chi connectivity index (χ4v) is 2.16. The molecule has 0 saturated heterocycles. The molecule has 23 heavy (non-hydrogen) atoms. The number of anilines is 1. The molecule has 0 bridgehead atoms. The quantitative estimate of drug-likeness (QED) is 0.764. The third kappa shape index (κ3) is 4.14. The molecule has 2 aromatic carbocycles. The number of aliphatic hydroxyl groups is 1. The highest BCUT2D eigenvalue weighted by Crippen LogP contribution is 2.18. The maximum absolute atomic E-state index is 13.9. The van der Waals surface area contributed by atoms with Gasteiger partial charge < -0.3 is 15.5 Å². The first-order valence-electron chi connectivity index (χ1n) is 7.06. The van der Waals surface area contributed by atoms with Crippen molar-refractivity contribution in [3.63, 3.8) is 0 Å². The lowest BCUT2D eigenvalue weighted by molar-refractivity contribution is 0.0692. The predicted molar refractivity (Wildman–Crippen MR) is 83.2 cm³/mol. The zero-order valence-corrected chi connectivity index (χ0v) is 12.3. The number of amides is 1. The summed E-state index contributed by atoms with van der Waals surface area (Å²) in [5.74, 6) is -2.31. The van der Waals surface area contributed by atoms with Gasteiger partial charge in [-0.05, 0) is 42.7 Å². The Morgan fingerprint density at radius 1 is 1.09 bits per heavy atom. The molecule has 5 nitrogen and oxygen atoms in total. The Hall–Kier alpha value is -2.73. The number of aromatic carboxylic acids is 1. The number of carbonyl (C=O) groups is 2. The van der Waals surface area contributed by atoms with Crippen molar-refractivity contribution >= 4 is 17.6 Å². The maximum Gasteiger partial charge on any atom is 0.336 e. The van der Waals surface area contributed by atoms with E-state index in [-0.39, 0.29) is 23.4 Å². The van der Waals surface area contributed by atoms with Gasteiger partial charge in [-0.25, -0.2) is 9.18 Å². The van der Waals surface area contributed by atoms with E-state index in [1.54, 1.807) is 6.07 Å². The number of carbonyl (C=O) groups excluding carboxylic acids is 1. The van der Waals surface area contributed by atoms with E-state index in [4.69, 9.17) is 10.2 Å². The van der Waals surface area contributed by atoms with E-state index in [1.165, 1.54) is 36.4 Å². The summed E-state index contributed by atoms with van der Waals surface area (Å²) in [5, 5.41) is 20.3. The molecule has 0 aromatic heterocycles. The van der Waals surface area contributed by atoms with Gasteiger partial charge in [0.2, 0.25) is 0 Å². The van der Waals surface area contributed by atoms with Crippen molar-refractivity contribution in [3.05, 3.63) is 65.0 Å². The highest BCUT2D eigenvalue weighted by molar-refractivity contribution is 6.10. The minimum absolute atomic E-state index is 0.00441. The molecule has 0 aliphatic rings. The van der Waals surface area contributed by atoms with E-state index in [0.29, 0.717) is 18.4 Å². The molecule has 6 heteroatoms. The van der Waals surface area contributed by atoms with Gasteiger partial charge in [-0.15, -0.1) is 0 Å². The van der Waals surface area contributed by atoms with Crippen LogP contribution in [0.1, 0.15) is 32.7 Å². The zero-order chi connectivity index (χ0) is 16.8. The van der Waals surface area contributed by atoms with Crippen molar-refractivity contribution in [1.82, 2.24) is 0 Å². The van der Waals surface area contributed by atoms with E-state index in [9.17, 15) is 14.0 Å². The van der Waals surface area contributed by atoms with Gasteiger partial charge in [0.05, 0.1) is 11.1 Å². The van der Waals surface area contributed by atoms with Gasteiger partial charge in [0.15, 0.2) is 0 Å². The molecule has 120 valence electrons. The Morgan fingerprint density at radius 2 is 1.78 bits per heavy atom. The van der Waals surface area contributed by atoms with Crippen LogP contribution in [0.25, 0.3) is 0 Å². The van der Waals surface area contributed by atoms with Gasteiger partial charge in [0.25, 0.3) is 5.91 Å². The zero-order valence-electron chi connectivity index (χ0n) is 12.3. The van der Waals surface area contributed by atoms with E-state index in [0.717, 1.165) is 0 Å². The summed E-state index contributed by atoms with van der Waals surface area (Å²) in [6, 6.07) is 10.0. The first kappa shape index (κ1) is 16.6. The fourth-order valence-electron chi connectivity index (χ4n) is 2.16. The first-order valence-corrected chi connectivity index (χ1v) is 7.06. The van der Waals surface area contributed by atoms with Crippen LogP contribution in [0, 0.1) is 5.82 Å². The van der Waals surface area contributed by atoms with Gasteiger partial charge in [0.1, 0.15) is 5.82 Å². The van der Waals surface area contributed by atoms with Crippen molar-refractivity contribution < 1.29 is 24.2 Å². The Balaban J connectivity index is 2.18. The van der Waals surface area contributed by atoms with Crippen molar-refractivity contribution in [2.24, 2.45) is 0 Å². The normalized spacial score (nSPS) is 10.3. The lowest BCUT2D eigenvalue weighted by atomic mass is 10.1. The lowest BCUT2D eigenvalue weighted by Crippen LogP contribution is -2.16. The van der Waals surface area contributed by atoms with Gasteiger partial charge in [-0.1, -0.05) is 18.2 Å². The number of halogens is 1. The Morgan fingerprint density at radius 3 is 2.39 bits per heavy atom. The van der Waals surface area contributed by atoms with E-state index >= 15 is 0 Å². The molecule has 0 aliphatic heterocycles. The van der Waals surface area contributed by atoms with Crippen molar-refractivity contribution in [2.45, 2.75) is 12.8 Å². The van der Waals surface area contributed by atoms with Crippen molar-refractivity contribution in [2.75, 3.05) is 11.9 Å². The molecule has 1 amide bonds. The van der Waals surface area contributed by atoms with Crippen LogP contribution in [0.15, 0.2) is 42.5 Å². The standard InChI is InChI=1S/C17H16FNO4/c18-15-10-12(8-7-11(15)4-3-9-20)19-16(21)13-5-1-2-6-14(13)17(22)23/h1-2,5-8,10,20H,3-4,9H2,(H,19,21)(H,22,23). The average Bonchev–Trinajstić information content (AvgIpc) is 2.54. The first-order chi connectivity index (χ1) is 11.0. The summed E-state index contributed by atoms with van der Waals surface area (Å²) in [5.41, 5.74) is 0.568. The van der Waals surface area contributed by atoms with Crippen molar-refractivity contribution in [3.8, 4) is 0 Å². The maximum atomic E-state index is 13.9. The smallest absolute Gasteiger partial charge is 0.336 e. The summed E-state index contributed by atoms with van der Waals surface area (Å²) in [6.07, 6.45) is 0.854. The third-order valence-electron chi connectivity index (χ3n) is 3.32. The molecule has 0 spiro atoms. The largest absolute Gasteiger partial charge is 0.478 e. The highest BCUT2D eigenvalue weighted by Gasteiger charge is 2.16. The molecule has 0 radical (unpaired) electrons. The highest BCUT2D eigenvalue weighted by atomic mass is 19.1. The summed E-state index contributed by atoms with van der Waals surface area (Å²) in [7, 11) is 0. The molecule has 0 unspecified atom stereocenters. The van der Waals surface area contributed by atoms with Gasteiger partial charge in [-0.2, -0.15) is 0 Å². The van der Waals surface area contributed by atoms with Crippen LogP contribution in [0.3, 0.4) is 0 Å². The fraction of sp³-hybridized carbons (Fsp3) is 0.176. The SMILES string of the molecule is O=C(O)c1ccccc1C(=O)Nc1ccc(CCCO)c(F)c1. The van der Waals surface area contributed by atoms with Crippen LogP contribution >= 0.6 is 0 Å². The lowest BCUT2D eigenvalue weighted by Gasteiger charge is -2.09. The average molecular weight is 317 g/mol. The second-order valence-corrected chi connectivity index (χ2v) is 4.94. The molecule has 2 rings (SSSR count). The van der Waals surface area contributed by atoms with Gasteiger partial charge >= 0.3 is 5.97 Å². The van der Waals surface area contributed by atoms with E-state index in [1.807, 2.05) is 0 Å². The van der Waals surface area contributed by atoms with Crippen LogP contribution < -0.4 is 5.32 Å². The monoisotopic (exact) mass is 317 g/mol. The van der Waals surface area contributed by atoms with Crippen LogP contribution in [0.4, 0.5) is 10.1 Å². The molecule has 0 aliphatic carbocycles. The van der Waals surface area contributed by atoms with Crippen molar-refractivity contribution in [1.29, 1.82) is 0 Å². The molecular weight excluding hydrogens is 301 g/mol.